The molecule has 2 atom stereocenters. The molecule has 0 aromatic heterocycles. The summed E-state index contributed by atoms with van der Waals surface area (Å²) in [5, 5.41) is 0. The van der Waals surface area contributed by atoms with Gasteiger partial charge in [0.05, 0.1) is 0 Å². The van der Waals surface area contributed by atoms with E-state index in [1.165, 1.54) is 23.2 Å². The van der Waals surface area contributed by atoms with Gasteiger partial charge in [0.15, 0.2) is 0 Å². The van der Waals surface area contributed by atoms with E-state index in [0.717, 1.165) is 32.4 Å². The monoisotopic (exact) mass is 284 g/mol. The van der Waals surface area contributed by atoms with Gasteiger partial charge in [0.2, 0.25) is 5.91 Å². The standard InChI is InChI=1S/C18H24N2O/c1-12-6-7-16-14(10-12)15-11-19(2)9-8-17(15)20(16)18(21)13-4-3-5-13/h6-7,10,13,15,17H,3-5,8-9,11H2,1-2H3. The second kappa shape index (κ2) is 4.84. The van der Waals surface area contributed by atoms with Crippen molar-refractivity contribution in [2.45, 2.75) is 44.6 Å². The summed E-state index contributed by atoms with van der Waals surface area (Å²) in [6, 6.07) is 7.03. The van der Waals surface area contributed by atoms with Gasteiger partial charge in [-0.3, -0.25) is 4.79 Å². The first-order chi connectivity index (χ1) is 10.1. The summed E-state index contributed by atoms with van der Waals surface area (Å²) in [6.07, 6.45) is 4.51. The molecule has 2 aliphatic heterocycles. The first-order valence-electron chi connectivity index (χ1n) is 8.27. The maximum atomic E-state index is 12.9. The number of hydrogen-bond acceptors (Lipinski definition) is 2. The fourth-order valence-corrected chi connectivity index (χ4v) is 4.22. The van der Waals surface area contributed by atoms with Crippen molar-refractivity contribution in [1.29, 1.82) is 0 Å². The second-order valence-corrected chi connectivity index (χ2v) is 7.12. The third-order valence-electron chi connectivity index (χ3n) is 5.64. The van der Waals surface area contributed by atoms with E-state index >= 15 is 0 Å². The van der Waals surface area contributed by atoms with E-state index in [9.17, 15) is 4.79 Å². The molecule has 2 heterocycles. The normalized spacial score (nSPS) is 29.0. The summed E-state index contributed by atoms with van der Waals surface area (Å²) >= 11 is 0. The van der Waals surface area contributed by atoms with Gasteiger partial charge in [0, 0.05) is 30.1 Å². The van der Waals surface area contributed by atoms with Crippen LogP contribution in [-0.4, -0.2) is 37.0 Å². The molecule has 4 rings (SSSR count). The van der Waals surface area contributed by atoms with Gasteiger partial charge in [0.25, 0.3) is 0 Å². The molecule has 1 aromatic rings. The van der Waals surface area contributed by atoms with Crippen LogP contribution >= 0.6 is 0 Å². The number of carbonyl (C=O) groups is 1. The fraction of sp³-hybridized carbons (Fsp3) is 0.611. The summed E-state index contributed by atoms with van der Waals surface area (Å²) in [6.45, 7) is 4.33. The Bertz CT molecular complexity index is 579. The second-order valence-electron chi connectivity index (χ2n) is 7.12. The fourth-order valence-electron chi connectivity index (χ4n) is 4.22. The Morgan fingerprint density at radius 2 is 2.05 bits per heavy atom. The molecule has 1 saturated heterocycles. The van der Waals surface area contributed by atoms with Gasteiger partial charge >= 0.3 is 0 Å². The molecule has 0 spiro atoms. The number of aryl methyl sites for hydroxylation is 1. The smallest absolute Gasteiger partial charge is 0.230 e. The number of likely N-dealkylation sites (N-methyl/N-ethyl adjacent to an activating group) is 1. The molecule has 0 bridgehead atoms. The average molecular weight is 284 g/mol. The summed E-state index contributed by atoms with van der Waals surface area (Å²) in [4.78, 5) is 17.5. The summed E-state index contributed by atoms with van der Waals surface area (Å²) in [5.74, 6) is 1.18. The van der Waals surface area contributed by atoms with Crippen LogP contribution in [0.5, 0.6) is 0 Å². The van der Waals surface area contributed by atoms with E-state index in [4.69, 9.17) is 0 Å². The zero-order valence-corrected chi connectivity index (χ0v) is 13.0. The van der Waals surface area contributed by atoms with E-state index < -0.39 is 0 Å². The average Bonchev–Trinajstić information content (AvgIpc) is 2.70. The number of anilines is 1. The topological polar surface area (TPSA) is 23.6 Å². The molecule has 1 aromatic carbocycles. The van der Waals surface area contributed by atoms with Gasteiger partial charge in [0.1, 0.15) is 0 Å². The first-order valence-corrected chi connectivity index (χ1v) is 8.27. The van der Waals surface area contributed by atoms with Crippen LogP contribution in [0, 0.1) is 12.8 Å². The van der Waals surface area contributed by atoms with Crippen LogP contribution in [0.3, 0.4) is 0 Å². The van der Waals surface area contributed by atoms with Crippen molar-refractivity contribution in [2.75, 3.05) is 25.0 Å². The Morgan fingerprint density at radius 3 is 2.76 bits per heavy atom. The number of nitrogens with zero attached hydrogens (tertiary/aromatic N) is 2. The number of amides is 1. The Labute approximate surface area is 126 Å². The lowest BCUT2D eigenvalue weighted by molar-refractivity contribution is -0.125. The van der Waals surface area contributed by atoms with Crippen LogP contribution in [-0.2, 0) is 4.79 Å². The molecule has 2 fully saturated rings. The molecule has 3 nitrogen and oxygen atoms in total. The van der Waals surface area contributed by atoms with Crippen LogP contribution in [0.1, 0.15) is 42.7 Å². The van der Waals surface area contributed by atoms with E-state index in [1.807, 2.05) is 0 Å². The summed E-state index contributed by atoms with van der Waals surface area (Å²) in [5.41, 5.74) is 3.90. The number of piperidine rings is 1. The van der Waals surface area contributed by atoms with Crippen LogP contribution in [0.2, 0.25) is 0 Å². The Kier molecular flexibility index (Phi) is 3.07. The predicted molar refractivity (Wildman–Crippen MR) is 84.6 cm³/mol. The number of fused-ring (bicyclic) bond motifs is 3. The number of likely N-dealkylation sites (tertiary alicyclic amines) is 1. The van der Waals surface area contributed by atoms with Crippen LogP contribution in [0.4, 0.5) is 5.69 Å². The molecule has 0 radical (unpaired) electrons. The maximum Gasteiger partial charge on any atom is 0.230 e. The number of carbonyl (C=O) groups excluding carboxylic acids is 1. The third kappa shape index (κ3) is 2.02. The molecule has 3 heteroatoms. The molecule has 0 N–H and O–H groups in total. The summed E-state index contributed by atoms with van der Waals surface area (Å²) < 4.78 is 0. The van der Waals surface area contributed by atoms with Crippen molar-refractivity contribution in [2.24, 2.45) is 5.92 Å². The van der Waals surface area contributed by atoms with Gasteiger partial charge in [-0.05, 0) is 51.4 Å². The molecular formula is C18H24N2O. The minimum atomic E-state index is 0.289. The zero-order chi connectivity index (χ0) is 14.6. The zero-order valence-electron chi connectivity index (χ0n) is 13.0. The lowest BCUT2D eigenvalue weighted by Gasteiger charge is -2.39. The Balaban J connectivity index is 1.74. The highest BCUT2D eigenvalue weighted by Gasteiger charge is 2.45. The van der Waals surface area contributed by atoms with Crippen molar-refractivity contribution < 1.29 is 4.79 Å². The van der Waals surface area contributed by atoms with Gasteiger partial charge in [-0.15, -0.1) is 0 Å². The highest BCUT2D eigenvalue weighted by molar-refractivity contribution is 5.98. The van der Waals surface area contributed by atoms with Crippen LogP contribution in [0.25, 0.3) is 0 Å². The molecule has 1 amide bonds. The van der Waals surface area contributed by atoms with Crippen molar-refractivity contribution in [3.05, 3.63) is 29.3 Å². The van der Waals surface area contributed by atoms with Gasteiger partial charge in [-0.1, -0.05) is 24.1 Å². The predicted octanol–water partition coefficient (Wildman–Crippen LogP) is 2.93. The minimum Gasteiger partial charge on any atom is -0.308 e. The molecule has 2 unspecified atom stereocenters. The van der Waals surface area contributed by atoms with E-state index in [-0.39, 0.29) is 5.92 Å². The molecule has 1 aliphatic carbocycles. The highest BCUT2D eigenvalue weighted by atomic mass is 16.2. The third-order valence-corrected chi connectivity index (χ3v) is 5.64. The molecular weight excluding hydrogens is 260 g/mol. The molecule has 3 aliphatic rings. The van der Waals surface area contributed by atoms with Crippen molar-refractivity contribution in [1.82, 2.24) is 4.90 Å². The molecule has 112 valence electrons. The molecule has 21 heavy (non-hydrogen) atoms. The van der Waals surface area contributed by atoms with Crippen molar-refractivity contribution >= 4 is 11.6 Å². The number of benzene rings is 1. The minimum absolute atomic E-state index is 0.289. The van der Waals surface area contributed by atoms with E-state index in [1.54, 1.807) is 0 Å². The van der Waals surface area contributed by atoms with Gasteiger partial charge in [-0.25, -0.2) is 0 Å². The van der Waals surface area contributed by atoms with E-state index in [0.29, 0.717) is 17.9 Å². The largest absolute Gasteiger partial charge is 0.308 e. The van der Waals surface area contributed by atoms with Crippen LogP contribution < -0.4 is 4.90 Å². The first kappa shape index (κ1) is 13.3. The van der Waals surface area contributed by atoms with Crippen molar-refractivity contribution in [3.8, 4) is 0 Å². The van der Waals surface area contributed by atoms with Gasteiger partial charge < -0.3 is 9.80 Å². The summed E-state index contributed by atoms with van der Waals surface area (Å²) in [7, 11) is 2.20. The van der Waals surface area contributed by atoms with Gasteiger partial charge in [-0.2, -0.15) is 0 Å². The maximum absolute atomic E-state index is 12.9. The molecule has 1 saturated carbocycles. The highest BCUT2D eigenvalue weighted by Crippen LogP contribution is 2.46. The van der Waals surface area contributed by atoms with Crippen molar-refractivity contribution in [3.63, 3.8) is 0 Å². The SMILES string of the molecule is Cc1ccc2c(c1)C1CN(C)CCC1N2C(=O)C1CCC1. The number of hydrogen-bond donors (Lipinski definition) is 0. The lowest BCUT2D eigenvalue weighted by atomic mass is 9.83. The van der Waals surface area contributed by atoms with Crippen LogP contribution in [0.15, 0.2) is 18.2 Å². The number of rotatable bonds is 1. The quantitative estimate of drug-likeness (QED) is 0.791. The Hall–Kier alpha value is -1.35. The lowest BCUT2D eigenvalue weighted by Crippen LogP contribution is -2.49. The van der Waals surface area contributed by atoms with E-state index in [2.05, 4.69) is 42.0 Å². The Morgan fingerprint density at radius 1 is 1.24 bits per heavy atom.